The molecule has 0 bridgehead atoms. The number of amides is 3. The van der Waals surface area contributed by atoms with Crippen molar-refractivity contribution in [1.29, 1.82) is 0 Å². The molecule has 148 valence electrons. The highest BCUT2D eigenvalue weighted by Gasteiger charge is 2.26. The second kappa shape index (κ2) is 8.14. The molecule has 1 N–H and O–H groups in total. The Morgan fingerprint density at radius 2 is 1.68 bits per heavy atom. The van der Waals surface area contributed by atoms with Gasteiger partial charge in [0.2, 0.25) is 0 Å². The van der Waals surface area contributed by atoms with Gasteiger partial charge in [-0.25, -0.2) is 4.79 Å². The van der Waals surface area contributed by atoms with E-state index >= 15 is 0 Å². The Balaban J connectivity index is 1.32. The molecule has 7 nitrogen and oxygen atoms in total. The summed E-state index contributed by atoms with van der Waals surface area (Å²) < 4.78 is 5.16. The number of piperazine rings is 1. The summed E-state index contributed by atoms with van der Waals surface area (Å²) in [5.41, 5.74) is 1.69. The van der Waals surface area contributed by atoms with Crippen molar-refractivity contribution in [3.63, 3.8) is 0 Å². The van der Waals surface area contributed by atoms with Crippen LogP contribution in [0.4, 0.5) is 16.2 Å². The van der Waals surface area contributed by atoms with Crippen LogP contribution in [0.3, 0.4) is 0 Å². The third kappa shape index (κ3) is 3.94. The molecule has 3 amide bonds. The summed E-state index contributed by atoms with van der Waals surface area (Å²) >= 11 is 6.42. The van der Waals surface area contributed by atoms with E-state index in [0.717, 1.165) is 18.8 Å². The van der Waals surface area contributed by atoms with Crippen molar-refractivity contribution >= 4 is 34.9 Å². The number of rotatable bonds is 3. The van der Waals surface area contributed by atoms with Gasteiger partial charge >= 0.3 is 6.03 Å². The highest BCUT2D eigenvalue weighted by Crippen LogP contribution is 2.31. The molecule has 8 heteroatoms. The third-order valence-corrected chi connectivity index (χ3v) is 5.53. The average Bonchev–Trinajstić information content (AvgIpc) is 3.42. The van der Waals surface area contributed by atoms with E-state index in [-0.39, 0.29) is 11.9 Å². The van der Waals surface area contributed by atoms with Crippen LogP contribution in [0, 0.1) is 0 Å². The molecule has 2 aromatic rings. The average molecular weight is 403 g/mol. The van der Waals surface area contributed by atoms with E-state index in [1.165, 1.54) is 19.1 Å². The summed E-state index contributed by atoms with van der Waals surface area (Å²) in [6.07, 6.45) is 3.85. The summed E-state index contributed by atoms with van der Waals surface area (Å²) in [6, 6.07) is 8.80. The van der Waals surface area contributed by atoms with Crippen molar-refractivity contribution in [3.8, 4) is 0 Å². The quantitative estimate of drug-likeness (QED) is 0.852. The first-order valence-corrected chi connectivity index (χ1v) is 9.93. The van der Waals surface area contributed by atoms with Crippen LogP contribution in [0.2, 0.25) is 5.02 Å². The molecule has 4 rings (SSSR count). The Kier molecular flexibility index (Phi) is 5.43. The van der Waals surface area contributed by atoms with Crippen LogP contribution in [0.25, 0.3) is 0 Å². The first-order valence-electron chi connectivity index (χ1n) is 9.55. The molecule has 2 aliphatic heterocycles. The lowest BCUT2D eigenvalue weighted by molar-refractivity contribution is 0.0640. The number of furan rings is 1. The number of halogens is 1. The number of urea groups is 1. The molecule has 2 fully saturated rings. The Morgan fingerprint density at radius 1 is 0.964 bits per heavy atom. The van der Waals surface area contributed by atoms with Crippen LogP contribution in [0.1, 0.15) is 23.4 Å². The second-order valence-corrected chi connectivity index (χ2v) is 7.45. The minimum Gasteiger partial charge on any atom is -0.459 e. The van der Waals surface area contributed by atoms with Crippen LogP contribution in [0.5, 0.6) is 0 Å². The number of nitrogens with zero attached hydrogens (tertiary/aromatic N) is 3. The van der Waals surface area contributed by atoms with Crippen LogP contribution < -0.4 is 10.2 Å². The van der Waals surface area contributed by atoms with Crippen LogP contribution >= 0.6 is 11.6 Å². The normalized spacial score (nSPS) is 17.1. The monoisotopic (exact) mass is 402 g/mol. The number of hydrogen-bond acceptors (Lipinski definition) is 4. The summed E-state index contributed by atoms with van der Waals surface area (Å²) in [5, 5.41) is 3.55. The molecule has 0 spiro atoms. The van der Waals surface area contributed by atoms with Crippen molar-refractivity contribution in [2.24, 2.45) is 0 Å². The lowest BCUT2D eigenvalue weighted by atomic mass is 10.2. The first-order chi connectivity index (χ1) is 13.6. The minimum atomic E-state index is -0.185. The van der Waals surface area contributed by atoms with Crippen LogP contribution in [0.15, 0.2) is 41.0 Å². The zero-order valence-electron chi connectivity index (χ0n) is 15.6. The fourth-order valence-electron chi connectivity index (χ4n) is 3.67. The first kappa shape index (κ1) is 18.7. The van der Waals surface area contributed by atoms with Gasteiger partial charge in [0.25, 0.3) is 5.91 Å². The lowest BCUT2D eigenvalue weighted by Gasteiger charge is -2.34. The van der Waals surface area contributed by atoms with Gasteiger partial charge in [-0.2, -0.15) is 0 Å². The lowest BCUT2D eigenvalue weighted by Crippen LogP contribution is -2.51. The van der Waals surface area contributed by atoms with E-state index in [0.29, 0.717) is 42.6 Å². The maximum Gasteiger partial charge on any atom is 0.321 e. The highest BCUT2D eigenvalue weighted by molar-refractivity contribution is 6.33. The summed E-state index contributed by atoms with van der Waals surface area (Å²) in [5.74, 6) is 0.181. The summed E-state index contributed by atoms with van der Waals surface area (Å²) in [6.45, 7) is 3.93. The fourth-order valence-corrected chi connectivity index (χ4v) is 3.97. The van der Waals surface area contributed by atoms with Crippen LogP contribution in [-0.2, 0) is 0 Å². The highest BCUT2D eigenvalue weighted by atomic mass is 35.5. The van der Waals surface area contributed by atoms with E-state index in [2.05, 4.69) is 10.2 Å². The molecule has 1 aromatic carbocycles. The molecule has 1 aromatic heterocycles. The predicted octanol–water partition coefficient (Wildman–Crippen LogP) is 3.52. The van der Waals surface area contributed by atoms with Crippen molar-refractivity contribution in [2.75, 3.05) is 49.5 Å². The minimum absolute atomic E-state index is 0.144. The molecule has 2 saturated heterocycles. The number of hydrogen-bond donors (Lipinski definition) is 1. The summed E-state index contributed by atoms with van der Waals surface area (Å²) in [4.78, 5) is 30.5. The van der Waals surface area contributed by atoms with Gasteiger partial charge in [0.15, 0.2) is 5.76 Å². The Morgan fingerprint density at radius 3 is 2.32 bits per heavy atom. The molecule has 0 saturated carbocycles. The third-order valence-electron chi connectivity index (χ3n) is 5.23. The number of nitrogens with one attached hydrogen (secondary N) is 1. The van der Waals surface area contributed by atoms with E-state index in [4.69, 9.17) is 16.0 Å². The number of carbonyl (C=O) groups is 2. The van der Waals surface area contributed by atoms with Gasteiger partial charge in [-0.05, 0) is 43.2 Å². The largest absolute Gasteiger partial charge is 0.459 e. The molecule has 28 heavy (non-hydrogen) atoms. The van der Waals surface area contributed by atoms with Gasteiger partial charge in [0, 0.05) is 45.0 Å². The number of anilines is 2. The smallest absolute Gasteiger partial charge is 0.321 e. The van der Waals surface area contributed by atoms with E-state index in [1.807, 2.05) is 12.1 Å². The van der Waals surface area contributed by atoms with Crippen LogP contribution in [-0.4, -0.2) is 61.0 Å². The molecule has 0 radical (unpaired) electrons. The standard InChI is InChI=1S/C20H23ClN4O3/c21-16-14-15(5-6-17(16)23-7-1-2-8-23)22-20(27)25-11-9-24(10-12-25)19(26)18-4-3-13-28-18/h3-6,13-14H,1-2,7-12H2,(H,22,27). The van der Waals surface area contributed by atoms with Gasteiger partial charge < -0.3 is 24.4 Å². The molecular formula is C20H23ClN4O3. The van der Waals surface area contributed by atoms with Crippen molar-refractivity contribution in [1.82, 2.24) is 9.80 Å². The zero-order valence-corrected chi connectivity index (χ0v) is 16.3. The molecule has 0 unspecified atom stereocenters. The van der Waals surface area contributed by atoms with E-state index in [9.17, 15) is 9.59 Å². The SMILES string of the molecule is O=C(Nc1ccc(N2CCCC2)c(Cl)c1)N1CCN(C(=O)c2ccco2)CC1. The van der Waals surface area contributed by atoms with Crippen molar-refractivity contribution in [3.05, 3.63) is 47.4 Å². The molecule has 2 aliphatic rings. The molecule has 0 atom stereocenters. The topological polar surface area (TPSA) is 69.0 Å². The second-order valence-electron chi connectivity index (χ2n) is 7.05. The van der Waals surface area contributed by atoms with Gasteiger partial charge in [0.05, 0.1) is 17.0 Å². The maximum atomic E-state index is 12.6. The maximum absolute atomic E-state index is 12.6. The zero-order chi connectivity index (χ0) is 19.5. The van der Waals surface area contributed by atoms with Gasteiger partial charge in [-0.1, -0.05) is 11.6 Å². The predicted molar refractivity (Wildman–Crippen MR) is 108 cm³/mol. The van der Waals surface area contributed by atoms with Crippen molar-refractivity contribution in [2.45, 2.75) is 12.8 Å². The Bertz CT molecular complexity index is 841. The van der Waals surface area contributed by atoms with Gasteiger partial charge in [-0.15, -0.1) is 0 Å². The number of carbonyl (C=O) groups excluding carboxylic acids is 2. The Hall–Kier alpha value is -2.67. The molecule has 0 aliphatic carbocycles. The van der Waals surface area contributed by atoms with Crippen molar-refractivity contribution < 1.29 is 14.0 Å². The van der Waals surface area contributed by atoms with E-state index in [1.54, 1.807) is 28.0 Å². The van der Waals surface area contributed by atoms with Gasteiger partial charge in [-0.3, -0.25) is 4.79 Å². The Labute approximate surface area is 168 Å². The van der Waals surface area contributed by atoms with Gasteiger partial charge in [0.1, 0.15) is 0 Å². The molecular weight excluding hydrogens is 380 g/mol. The molecule has 3 heterocycles. The fraction of sp³-hybridized carbons (Fsp3) is 0.400. The number of benzene rings is 1. The van der Waals surface area contributed by atoms with E-state index < -0.39 is 0 Å². The summed E-state index contributed by atoms with van der Waals surface area (Å²) in [7, 11) is 0.